The molecule has 0 radical (unpaired) electrons. The van der Waals surface area contributed by atoms with Crippen molar-refractivity contribution in [2.45, 2.75) is 44.9 Å². The number of benzene rings is 1. The molecule has 0 bridgehead atoms. The first kappa shape index (κ1) is 16.9. The fourth-order valence-electron chi connectivity index (χ4n) is 2.41. The second kappa shape index (κ2) is 6.36. The van der Waals surface area contributed by atoms with Gasteiger partial charge in [0.15, 0.2) is 0 Å². The average molecular weight is 322 g/mol. The van der Waals surface area contributed by atoms with Gasteiger partial charge in [0.1, 0.15) is 23.5 Å². The Labute approximate surface area is 135 Å². The second-order valence-corrected chi connectivity index (χ2v) is 6.50. The first-order valence-corrected chi connectivity index (χ1v) is 7.41. The molecule has 7 heteroatoms. The van der Waals surface area contributed by atoms with Crippen LogP contribution in [0.25, 0.3) is 0 Å². The number of amides is 1. The van der Waals surface area contributed by atoms with Gasteiger partial charge in [-0.05, 0) is 32.9 Å². The fourth-order valence-corrected chi connectivity index (χ4v) is 2.41. The van der Waals surface area contributed by atoms with Crippen molar-refractivity contribution in [3.63, 3.8) is 0 Å². The van der Waals surface area contributed by atoms with Crippen LogP contribution in [-0.4, -0.2) is 46.4 Å². The Hall–Kier alpha value is -2.44. The maximum atomic E-state index is 12.2. The van der Waals surface area contributed by atoms with Gasteiger partial charge in [0.25, 0.3) is 0 Å². The molecule has 1 aromatic carbocycles. The number of hydrogen-bond acceptors (Lipinski definition) is 5. The van der Waals surface area contributed by atoms with Crippen molar-refractivity contribution < 1.29 is 24.2 Å². The van der Waals surface area contributed by atoms with Gasteiger partial charge in [0.2, 0.25) is 0 Å². The van der Waals surface area contributed by atoms with Gasteiger partial charge in [0.05, 0.1) is 12.2 Å². The third-order valence-corrected chi connectivity index (χ3v) is 3.39. The summed E-state index contributed by atoms with van der Waals surface area (Å²) in [5, 5.41) is 9.34. The number of aliphatic carboxylic acids is 1. The molecule has 0 saturated carbocycles. The van der Waals surface area contributed by atoms with Crippen LogP contribution in [0.1, 0.15) is 27.2 Å². The van der Waals surface area contributed by atoms with E-state index >= 15 is 0 Å². The summed E-state index contributed by atoms with van der Waals surface area (Å²) in [5.74, 6) is -0.601. The van der Waals surface area contributed by atoms with E-state index in [4.69, 9.17) is 15.2 Å². The van der Waals surface area contributed by atoms with Crippen LogP contribution in [0.15, 0.2) is 24.3 Å². The molecule has 0 spiro atoms. The Morgan fingerprint density at radius 2 is 1.96 bits per heavy atom. The molecular weight excluding hydrogens is 300 g/mol. The molecule has 23 heavy (non-hydrogen) atoms. The zero-order valence-corrected chi connectivity index (χ0v) is 13.5. The molecule has 3 N–H and O–H groups in total. The van der Waals surface area contributed by atoms with E-state index in [2.05, 4.69) is 0 Å². The van der Waals surface area contributed by atoms with Gasteiger partial charge in [-0.15, -0.1) is 0 Å². The van der Waals surface area contributed by atoms with Crippen molar-refractivity contribution >= 4 is 17.7 Å². The third kappa shape index (κ3) is 4.28. The van der Waals surface area contributed by atoms with Crippen LogP contribution in [0, 0.1) is 0 Å². The van der Waals surface area contributed by atoms with Crippen molar-refractivity contribution in [1.82, 2.24) is 4.90 Å². The zero-order chi connectivity index (χ0) is 17.2. The van der Waals surface area contributed by atoms with Crippen LogP contribution in [0.5, 0.6) is 5.75 Å². The number of rotatable bonds is 3. The van der Waals surface area contributed by atoms with Crippen molar-refractivity contribution in [3.05, 3.63) is 24.3 Å². The number of nitrogens with two attached hydrogens (primary N) is 1. The van der Waals surface area contributed by atoms with Crippen molar-refractivity contribution in [3.8, 4) is 5.75 Å². The summed E-state index contributed by atoms with van der Waals surface area (Å²) in [6.45, 7) is 5.33. The molecule has 1 heterocycles. The van der Waals surface area contributed by atoms with Crippen molar-refractivity contribution in [2.24, 2.45) is 0 Å². The maximum Gasteiger partial charge on any atom is 0.411 e. The largest absolute Gasteiger partial charge is 0.486 e. The highest BCUT2D eigenvalue weighted by atomic mass is 16.6. The molecule has 1 aliphatic rings. The van der Waals surface area contributed by atoms with E-state index in [-0.39, 0.29) is 13.0 Å². The van der Waals surface area contributed by atoms with Crippen molar-refractivity contribution in [2.75, 3.05) is 12.3 Å². The number of likely N-dealkylation sites (tertiary alicyclic amines) is 1. The van der Waals surface area contributed by atoms with Crippen LogP contribution in [0.3, 0.4) is 0 Å². The number of ether oxygens (including phenoxy) is 2. The minimum absolute atomic E-state index is 0.139. The van der Waals surface area contributed by atoms with E-state index in [0.29, 0.717) is 11.4 Å². The molecule has 2 atom stereocenters. The lowest BCUT2D eigenvalue weighted by Crippen LogP contribution is -2.43. The van der Waals surface area contributed by atoms with Gasteiger partial charge in [0, 0.05) is 6.42 Å². The maximum absolute atomic E-state index is 12.2. The number of nitrogens with zero attached hydrogens (tertiary/aromatic N) is 1. The Kier molecular flexibility index (Phi) is 4.68. The number of carboxylic acid groups (broad SMARTS) is 1. The summed E-state index contributed by atoms with van der Waals surface area (Å²) < 4.78 is 11.0. The number of carboxylic acids is 1. The molecule has 2 unspecified atom stereocenters. The van der Waals surface area contributed by atoms with Gasteiger partial charge < -0.3 is 20.3 Å². The molecule has 126 valence electrons. The monoisotopic (exact) mass is 322 g/mol. The van der Waals surface area contributed by atoms with Gasteiger partial charge >= 0.3 is 12.1 Å². The smallest absolute Gasteiger partial charge is 0.411 e. The second-order valence-electron chi connectivity index (χ2n) is 6.50. The lowest BCUT2D eigenvalue weighted by Gasteiger charge is -2.26. The van der Waals surface area contributed by atoms with E-state index in [1.54, 1.807) is 45.0 Å². The van der Waals surface area contributed by atoms with Gasteiger partial charge in [-0.2, -0.15) is 0 Å². The van der Waals surface area contributed by atoms with Crippen LogP contribution in [-0.2, 0) is 9.53 Å². The molecule has 2 rings (SSSR count). The number of carbonyl (C=O) groups is 2. The number of hydrogen-bond donors (Lipinski definition) is 2. The van der Waals surface area contributed by atoms with E-state index in [1.165, 1.54) is 4.90 Å². The Morgan fingerprint density at radius 1 is 1.30 bits per heavy atom. The van der Waals surface area contributed by atoms with Gasteiger partial charge in [-0.1, -0.05) is 12.1 Å². The summed E-state index contributed by atoms with van der Waals surface area (Å²) in [4.78, 5) is 24.8. The lowest BCUT2D eigenvalue weighted by molar-refractivity contribution is -0.142. The fraction of sp³-hybridized carbons (Fsp3) is 0.500. The topological polar surface area (TPSA) is 102 Å². The van der Waals surface area contributed by atoms with E-state index in [1.807, 2.05) is 0 Å². The Morgan fingerprint density at radius 3 is 2.52 bits per heavy atom. The van der Waals surface area contributed by atoms with Crippen LogP contribution < -0.4 is 10.5 Å². The first-order chi connectivity index (χ1) is 10.7. The molecule has 1 saturated heterocycles. The van der Waals surface area contributed by atoms with Gasteiger partial charge in [-0.3, -0.25) is 4.90 Å². The predicted octanol–water partition coefficient (Wildman–Crippen LogP) is 2.11. The normalized spacial score (nSPS) is 21.1. The SMILES string of the molecule is CC(C)(C)OC(=O)N1CC(Oc2ccccc2N)CC1C(=O)O. The Bertz CT molecular complexity index is 596. The predicted molar refractivity (Wildman–Crippen MR) is 84.3 cm³/mol. The summed E-state index contributed by atoms with van der Waals surface area (Å²) in [6.07, 6.45) is -0.923. The highest BCUT2D eigenvalue weighted by Gasteiger charge is 2.42. The Balaban J connectivity index is 2.10. The third-order valence-electron chi connectivity index (χ3n) is 3.39. The van der Waals surface area contributed by atoms with E-state index in [0.717, 1.165) is 0 Å². The summed E-state index contributed by atoms with van der Waals surface area (Å²) in [6, 6.07) is 6.00. The summed E-state index contributed by atoms with van der Waals surface area (Å²) in [5.41, 5.74) is 5.60. The molecule has 1 aromatic rings. The number of para-hydroxylation sites is 2. The molecule has 0 aromatic heterocycles. The van der Waals surface area contributed by atoms with Crippen LogP contribution >= 0.6 is 0 Å². The van der Waals surface area contributed by atoms with E-state index in [9.17, 15) is 14.7 Å². The molecule has 0 aliphatic carbocycles. The molecular formula is C16H22N2O5. The first-order valence-electron chi connectivity index (χ1n) is 7.41. The van der Waals surface area contributed by atoms with Crippen LogP contribution in [0.4, 0.5) is 10.5 Å². The summed E-state index contributed by atoms with van der Waals surface area (Å²) >= 11 is 0. The zero-order valence-electron chi connectivity index (χ0n) is 13.5. The summed E-state index contributed by atoms with van der Waals surface area (Å²) in [7, 11) is 0. The number of anilines is 1. The minimum atomic E-state index is -1.08. The molecule has 1 aliphatic heterocycles. The lowest BCUT2D eigenvalue weighted by atomic mass is 10.2. The number of carbonyl (C=O) groups excluding carboxylic acids is 1. The van der Waals surface area contributed by atoms with Gasteiger partial charge in [-0.25, -0.2) is 9.59 Å². The average Bonchev–Trinajstić information content (AvgIpc) is 2.84. The molecule has 1 amide bonds. The quantitative estimate of drug-likeness (QED) is 0.826. The highest BCUT2D eigenvalue weighted by molar-refractivity contribution is 5.81. The van der Waals surface area contributed by atoms with Crippen molar-refractivity contribution in [1.29, 1.82) is 0 Å². The van der Waals surface area contributed by atoms with E-state index < -0.39 is 29.8 Å². The van der Waals surface area contributed by atoms with Crippen LogP contribution in [0.2, 0.25) is 0 Å². The standard InChI is InChI=1S/C16H22N2O5/c1-16(2,3)23-15(21)18-9-10(8-12(18)14(19)20)22-13-7-5-4-6-11(13)17/h4-7,10,12H,8-9,17H2,1-3H3,(H,19,20). The minimum Gasteiger partial charge on any atom is -0.486 e. The molecule has 7 nitrogen and oxygen atoms in total. The number of nitrogen functional groups attached to an aromatic ring is 1. The highest BCUT2D eigenvalue weighted by Crippen LogP contribution is 2.28. The molecule has 1 fully saturated rings.